The van der Waals surface area contributed by atoms with Crippen molar-refractivity contribution in [1.29, 1.82) is 0 Å². The summed E-state index contributed by atoms with van der Waals surface area (Å²) in [6.45, 7) is 2.04. The molecule has 0 radical (unpaired) electrons. The van der Waals surface area contributed by atoms with E-state index in [4.69, 9.17) is 7.85 Å². The Kier molecular flexibility index (Phi) is 2.30. The molecule has 0 heterocycles. The van der Waals surface area contributed by atoms with E-state index < -0.39 is 6.56 Å². The number of hydrogen-bond acceptors (Lipinski definition) is 1. The quantitative estimate of drug-likeness (QED) is 0.574. The first-order valence-corrected chi connectivity index (χ1v) is 2.64. The van der Waals surface area contributed by atoms with E-state index in [1.54, 1.807) is 0 Å². The van der Waals surface area contributed by atoms with E-state index in [0.717, 1.165) is 6.42 Å². The molecule has 1 heteroatoms. The number of aliphatic hydroxyl groups is 1. The van der Waals surface area contributed by atoms with Crippen LogP contribution in [0.15, 0.2) is 0 Å². The third-order valence-corrected chi connectivity index (χ3v) is 0.833. The Labute approximate surface area is 48.2 Å². The van der Waals surface area contributed by atoms with Crippen LogP contribution < -0.4 is 0 Å². The van der Waals surface area contributed by atoms with E-state index in [1.165, 1.54) is 0 Å². The van der Waals surface area contributed by atoms with Crippen molar-refractivity contribution in [2.24, 2.45) is 5.92 Å². The monoisotopic (exact) mass is 104 g/mol. The van der Waals surface area contributed by atoms with Crippen molar-refractivity contribution in [2.45, 2.75) is 26.7 Å². The molecule has 0 rings (SSSR count). The molecule has 0 bridgehead atoms. The fraction of sp³-hybridized carbons (Fsp3) is 1.00. The molecule has 0 aromatic rings. The predicted molar refractivity (Wildman–Crippen MR) is 31.2 cm³/mol. The van der Waals surface area contributed by atoms with Gasteiger partial charge < -0.3 is 5.11 Å². The van der Waals surface area contributed by atoms with E-state index in [9.17, 15) is 0 Å². The summed E-state index contributed by atoms with van der Waals surface area (Å²) in [5, 5.41) is 8.60. The minimum absolute atomic E-state index is 0.241. The molecule has 0 amide bonds. The summed E-state index contributed by atoms with van der Waals surface area (Å²) in [7, 11) is 0. The van der Waals surface area contributed by atoms with Gasteiger partial charge in [-0.2, -0.15) is 0 Å². The van der Waals surface area contributed by atoms with Crippen molar-refractivity contribution in [3.8, 4) is 0 Å². The van der Waals surface area contributed by atoms with Crippen LogP contribution in [-0.4, -0.2) is 11.7 Å². The fourth-order valence-electron chi connectivity index (χ4n) is 0.353. The van der Waals surface area contributed by atoms with Crippen molar-refractivity contribution in [2.75, 3.05) is 6.56 Å². The molecular formula is C6H14O. The Morgan fingerprint density at radius 3 is 2.43 bits per heavy atom. The summed E-state index contributed by atoms with van der Waals surface area (Å²) in [4.78, 5) is 0. The second-order valence-electron chi connectivity index (χ2n) is 2.09. The van der Waals surface area contributed by atoms with Crippen LogP contribution in [0, 0.1) is 5.92 Å². The normalized spacial score (nSPS) is 16.6. The molecule has 0 aromatic heterocycles. The molecule has 0 spiro atoms. The molecule has 0 aliphatic heterocycles. The zero-order chi connectivity index (χ0) is 7.49. The predicted octanol–water partition coefficient (Wildman–Crippen LogP) is 1.41. The highest BCUT2D eigenvalue weighted by Crippen LogP contribution is 2.00. The summed E-state index contributed by atoms with van der Waals surface area (Å²) >= 11 is 0. The zero-order valence-electron chi connectivity index (χ0n) is 6.94. The number of rotatable bonds is 3. The van der Waals surface area contributed by atoms with Gasteiger partial charge in [-0.25, -0.2) is 0 Å². The van der Waals surface area contributed by atoms with Crippen LogP contribution in [0.1, 0.15) is 29.4 Å². The summed E-state index contributed by atoms with van der Waals surface area (Å²) in [6.07, 6.45) is 0.980. The lowest BCUT2D eigenvalue weighted by Gasteiger charge is -1.98. The lowest BCUT2D eigenvalue weighted by Crippen LogP contribution is -1.89. The van der Waals surface area contributed by atoms with Crippen molar-refractivity contribution in [3.05, 3.63) is 0 Å². The third kappa shape index (κ3) is 5.96. The van der Waals surface area contributed by atoms with Gasteiger partial charge in [0.05, 0.1) is 2.74 Å². The van der Waals surface area contributed by atoms with Crippen LogP contribution >= 0.6 is 0 Å². The molecule has 7 heavy (non-hydrogen) atoms. The number of hydrogen-bond donors (Lipinski definition) is 1. The van der Waals surface area contributed by atoms with Gasteiger partial charge in [-0.05, 0) is 18.8 Å². The lowest BCUT2D eigenvalue weighted by atomic mass is 10.1. The molecule has 1 nitrogen and oxygen atoms in total. The van der Waals surface area contributed by atoms with Crippen molar-refractivity contribution < 1.29 is 7.85 Å². The molecule has 0 saturated heterocycles. The van der Waals surface area contributed by atoms with Gasteiger partial charge in [-0.3, -0.25) is 0 Å². The van der Waals surface area contributed by atoms with Crippen LogP contribution in [-0.2, 0) is 0 Å². The first-order chi connectivity index (χ1) is 3.92. The van der Waals surface area contributed by atoms with Gasteiger partial charge in [-0.1, -0.05) is 13.8 Å². The van der Waals surface area contributed by atoms with Crippen molar-refractivity contribution >= 4 is 0 Å². The molecule has 0 atom stereocenters. The highest BCUT2D eigenvalue weighted by molar-refractivity contribution is 4.42. The van der Waals surface area contributed by atoms with Crippen molar-refractivity contribution in [1.82, 2.24) is 0 Å². The standard InChI is InChI=1S/C6H14O/c1-6(2)4-3-5-7/h6-7H,3-5H2,1-2H3/i5D2. The Bertz CT molecular complexity index is 75.6. The molecule has 0 aliphatic carbocycles. The maximum absolute atomic E-state index is 8.60. The SMILES string of the molecule is [2H]C([2H])(O)CCC(C)C. The average Bonchev–Trinajstić information content (AvgIpc) is 1.59. The first-order valence-electron chi connectivity index (χ1n) is 3.64. The highest BCUT2D eigenvalue weighted by atomic mass is 16.2. The summed E-state index contributed by atoms with van der Waals surface area (Å²) in [5.41, 5.74) is 0. The topological polar surface area (TPSA) is 20.2 Å². The molecular weight excluding hydrogens is 88.1 g/mol. The van der Waals surface area contributed by atoms with Gasteiger partial charge in [0.25, 0.3) is 0 Å². The summed E-state index contributed by atoms with van der Waals surface area (Å²) < 4.78 is 13.5. The first kappa shape index (κ1) is 3.90. The van der Waals surface area contributed by atoms with Gasteiger partial charge in [0, 0.05) is 6.56 Å². The van der Waals surface area contributed by atoms with Gasteiger partial charge in [-0.15, -0.1) is 0 Å². The van der Waals surface area contributed by atoms with E-state index in [1.807, 2.05) is 13.8 Å². The Hall–Kier alpha value is -0.0400. The molecule has 0 saturated carbocycles. The summed E-state index contributed by atoms with van der Waals surface area (Å²) in [5.74, 6) is 0.465. The largest absolute Gasteiger partial charge is 0.396 e. The molecule has 44 valence electrons. The average molecular weight is 104 g/mol. The zero-order valence-corrected chi connectivity index (χ0v) is 4.94. The minimum atomic E-state index is -1.97. The maximum Gasteiger partial charge on any atom is 0.0564 e. The van der Waals surface area contributed by atoms with Crippen LogP contribution in [0.3, 0.4) is 0 Å². The van der Waals surface area contributed by atoms with E-state index >= 15 is 0 Å². The highest BCUT2D eigenvalue weighted by Gasteiger charge is 1.89. The van der Waals surface area contributed by atoms with Crippen LogP contribution in [0.2, 0.25) is 0 Å². The third-order valence-electron chi connectivity index (χ3n) is 0.833. The van der Waals surface area contributed by atoms with E-state index in [2.05, 4.69) is 0 Å². The Balaban J connectivity index is 3.28. The molecule has 0 fully saturated rings. The molecule has 0 aromatic carbocycles. The second kappa shape index (κ2) is 4.13. The fourth-order valence-corrected chi connectivity index (χ4v) is 0.353. The van der Waals surface area contributed by atoms with Crippen LogP contribution in [0.4, 0.5) is 0 Å². The summed E-state index contributed by atoms with van der Waals surface area (Å²) in [6, 6.07) is 0. The smallest absolute Gasteiger partial charge is 0.0564 e. The van der Waals surface area contributed by atoms with Gasteiger partial charge in [0.2, 0.25) is 0 Å². The lowest BCUT2D eigenvalue weighted by molar-refractivity contribution is 0.276. The molecule has 0 unspecified atom stereocenters. The van der Waals surface area contributed by atoms with Gasteiger partial charge in [0.15, 0.2) is 0 Å². The Morgan fingerprint density at radius 1 is 1.71 bits per heavy atom. The van der Waals surface area contributed by atoms with Crippen LogP contribution in [0.25, 0.3) is 0 Å². The minimum Gasteiger partial charge on any atom is -0.396 e. The van der Waals surface area contributed by atoms with Gasteiger partial charge in [0.1, 0.15) is 0 Å². The molecule has 0 aliphatic rings. The van der Waals surface area contributed by atoms with E-state index in [0.29, 0.717) is 5.92 Å². The maximum atomic E-state index is 8.60. The molecule has 1 N–H and O–H groups in total. The van der Waals surface area contributed by atoms with Gasteiger partial charge >= 0.3 is 0 Å². The van der Waals surface area contributed by atoms with Crippen molar-refractivity contribution in [3.63, 3.8) is 0 Å². The van der Waals surface area contributed by atoms with Crippen LogP contribution in [0.5, 0.6) is 0 Å². The second-order valence-corrected chi connectivity index (χ2v) is 2.09. The van der Waals surface area contributed by atoms with E-state index in [-0.39, 0.29) is 6.42 Å². The Morgan fingerprint density at radius 2 is 2.29 bits per heavy atom.